The molecule has 0 amide bonds. The van der Waals surface area contributed by atoms with Crippen LogP contribution in [0.5, 0.6) is 0 Å². The highest BCUT2D eigenvalue weighted by atomic mass is 16.6. The summed E-state index contributed by atoms with van der Waals surface area (Å²) < 4.78 is 0.712. The molecule has 3 rings (SSSR count). The molecule has 3 aromatic rings. The van der Waals surface area contributed by atoms with Gasteiger partial charge in [-0.1, -0.05) is 12.1 Å². The summed E-state index contributed by atoms with van der Waals surface area (Å²) in [5, 5.41) is 14.8. The van der Waals surface area contributed by atoms with Crippen molar-refractivity contribution in [3.05, 3.63) is 85.0 Å². The molecule has 1 aromatic heterocycles. The third kappa shape index (κ3) is 2.77. The highest BCUT2D eigenvalue weighted by Gasteiger charge is 2.06. The van der Waals surface area contributed by atoms with Crippen molar-refractivity contribution >= 4 is 22.8 Å². The lowest BCUT2D eigenvalue weighted by molar-refractivity contribution is -0.384. The van der Waals surface area contributed by atoms with Gasteiger partial charge in [0, 0.05) is 12.1 Å². The summed E-state index contributed by atoms with van der Waals surface area (Å²) in [5.74, 6) is 0. The van der Waals surface area contributed by atoms with Crippen molar-refractivity contribution in [3.8, 4) is 0 Å². The molecule has 0 saturated carbocycles. The third-order valence-corrected chi connectivity index (χ3v) is 3.21. The predicted molar refractivity (Wildman–Crippen MR) is 84.9 cm³/mol. The Labute approximate surface area is 128 Å². The highest BCUT2D eigenvalue weighted by molar-refractivity contribution is 5.80. The number of non-ortho nitro benzene ring substituents is 1. The van der Waals surface area contributed by atoms with Crippen LogP contribution < -0.4 is 11.2 Å². The second-order valence-electron chi connectivity index (χ2n) is 4.69. The van der Waals surface area contributed by atoms with E-state index in [1.54, 1.807) is 24.3 Å². The molecule has 2 aromatic carbocycles. The van der Waals surface area contributed by atoms with Crippen LogP contribution in [0.1, 0.15) is 5.56 Å². The number of benzene rings is 2. The molecule has 8 heteroatoms. The highest BCUT2D eigenvalue weighted by Crippen LogP contribution is 2.10. The number of para-hydroxylation sites is 1. The molecule has 0 bridgehead atoms. The molecule has 0 aliphatic rings. The number of nitrogens with zero attached hydrogens (tertiary/aromatic N) is 3. The monoisotopic (exact) mass is 310 g/mol. The van der Waals surface area contributed by atoms with E-state index in [1.807, 2.05) is 0 Å². The van der Waals surface area contributed by atoms with Gasteiger partial charge in [0.1, 0.15) is 0 Å². The van der Waals surface area contributed by atoms with Crippen LogP contribution >= 0.6 is 0 Å². The maximum atomic E-state index is 12.3. The minimum absolute atomic E-state index is 0.0529. The number of hydrogen-bond acceptors (Lipinski definition) is 5. The van der Waals surface area contributed by atoms with Crippen LogP contribution in [0.3, 0.4) is 0 Å². The number of aromatic nitrogens is 2. The van der Waals surface area contributed by atoms with Gasteiger partial charge in [0.25, 0.3) is 11.2 Å². The first kappa shape index (κ1) is 14.4. The second-order valence-corrected chi connectivity index (χ2v) is 4.69. The number of nitro benzene ring substituents is 1. The SMILES string of the molecule is O=c1[nH]c2ccccc2c(=O)n1/N=C\c1ccc([N+](=O)[O-])cc1. The van der Waals surface area contributed by atoms with Crippen LogP contribution in [-0.4, -0.2) is 20.8 Å². The van der Waals surface area contributed by atoms with Crippen molar-refractivity contribution in [1.29, 1.82) is 0 Å². The van der Waals surface area contributed by atoms with Gasteiger partial charge in [-0.25, -0.2) is 4.79 Å². The van der Waals surface area contributed by atoms with Gasteiger partial charge in [0.05, 0.1) is 22.0 Å². The average Bonchev–Trinajstić information content (AvgIpc) is 2.55. The summed E-state index contributed by atoms with van der Waals surface area (Å²) in [6.45, 7) is 0. The number of aromatic amines is 1. The molecular formula is C15H10N4O4. The summed E-state index contributed by atoms with van der Waals surface area (Å²) in [5.41, 5.74) is -0.295. The lowest BCUT2D eigenvalue weighted by atomic mass is 10.2. The van der Waals surface area contributed by atoms with Crippen LogP contribution in [0.2, 0.25) is 0 Å². The zero-order valence-electron chi connectivity index (χ0n) is 11.7. The fourth-order valence-electron chi connectivity index (χ4n) is 2.06. The van der Waals surface area contributed by atoms with Gasteiger partial charge >= 0.3 is 5.69 Å². The standard InChI is InChI=1S/C15H10N4O4/c20-14-12-3-1-2-4-13(12)17-15(21)18(14)16-9-10-5-7-11(8-6-10)19(22)23/h1-9H,(H,17,21)/b16-9-. The zero-order chi connectivity index (χ0) is 16.4. The topological polar surface area (TPSA) is 110 Å². The van der Waals surface area contributed by atoms with E-state index in [4.69, 9.17) is 0 Å². The normalized spacial score (nSPS) is 11.1. The molecule has 8 nitrogen and oxygen atoms in total. The van der Waals surface area contributed by atoms with E-state index in [0.29, 0.717) is 21.1 Å². The summed E-state index contributed by atoms with van der Waals surface area (Å²) in [7, 11) is 0. The number of nitro groups is 1. The number of rotatable bonds is 3. The molecular weight excluding hydrogens is 300 g/mol. The number of fused-ring (bicyclic) bond motifs is 1. The average molecular weight is 310 g/mol. The van der Waals surface area contributed by atoms with Gasteiger partial charge in [-0.2, -0.15) is 5.10 Å². The van der Waals surface area contributed by atoms with E-state index in [2.05, 4.69) is 10.1 Å². The Morgan fingerprint density at radius 1 is 1.09 bits per heavy atom. The molecule has 1 N–H and O–H groups in total. The van der Waals surface area contributed by atoms with Crippen LogP contribution in [0.15, 0.2) is 63.2 Å². The van der Waals surface area contributed by atoms with Crippen LogP contribution in [0.25, 0.3) is 10.9 Å². The fourth-order valence-corrected chi connectivity index (χ4v) is 2.06. The summed E-state index contributed by atoms with van der Waals surface area (Å²) >= 11 is 0. The molecule has 0 aliphatic carbocycles. The molecule has 114 valence electrons. The summed E-state index contributed by atoms with van der Waals surface area (Å²) in [4.78, 5) is 36.8. The van der Waals surface area contributed by atoms with Crippen LogP contribution in [0.4, 0.5) is 5.69 Å². The molecule has 0 saturated heterocycles. The van der Waals surface area contributed by atoms with E-state index in [-0.39, 0.29) is 5.69 Å². The first-order valence-electron chi connectivity index (χ1n) is 6.59. The molecule has 0 fully saturated rings. The molecule has 0 radical (unpaired) electrons. The van der Waals surface area contributed by atoms with Gasteiger partial charge in [-0.3, -0.25) is 14.9 Å². The molecule has 1 heterocycles. The second kappa shape index (κ2) is 5.68. The van der Waals surface area contributed by atoms with Crippen molar-refractivity contribution in [2.75, 3.05) is 0 Å². The molecule has 0 atom stereocenters. The molecule has 23 heavy (non-hydrogen) atoms. The molecule has 0 spiro atoms. The minimum atomic E-state index is -0.660. The van der Waals surface area contributed by atoms with E-state index < -0.39 is 16.2 Å². The first-order valence-corrected chi connectivity index (χ1v) is 6.59. The Balaban J connectivity index is 2.02. The van der Waals surface area contributed by atoms with Crippen molar-refractivity contribution in [2.24, 2.45) is 5.10 Å². The fraction of sp³-hybridized carbons (Fsp3) is 0. The summed E-state index contributed by atoms with van der Waals surface area (Å²) in [6, 6.07) is 12.2. The molecule has 0 unspecified atom stereocenters. The Kier molecular flexibility index (Phi) is 3.55. The number of H-pyrrole nitrogens is 1. The number of nitrogens with one attached hydrogen (secondary N) is 1. The lowest BCUT2D eigenvalue weighted by Gasteiger charge is -2.00. The van der Waals surface area contributed by atoms with Gasteiger partial charge in [0.15, 0.2) is 0 Å². The number of hydrogen-bond donors (Lipinski definition) is 1. The van der Waals surface area contributed by atoms with Crippen molar-refractivity contribution < 1.29 is 4.92 Å². The Bertz CT molecular complexity index is 1030. The van der Waals surface area contributed by atoms with Crippen molar-refractivity contribution in [1.82, 2.24) is 9.66 Å². The first-order chi connectivity index (χ1) is 11.1. The Morgan fingerprint density at radius 3 is 2.48 bits per heavy atom. The quantitative estimate of drug-likeness (QED) is 0.448. The smallest absolute Gasteiger partial charge is 0.305 e. The van der Waals surface area contributed by atoms with Gasteiger partial charge < -0.3 is 4.98 Å². The van der Waals surface area contributed by atoms with E-state index in [0.717, 1.165) is 0 Å². The van der Waals surface area contributed by atoms with E-state index in [9.17, 15) is 19.7 Å². The molecule has 0 aliphatic heterocycles. The maximum absolute atomic E-state index is 12.3. The predicted octanol–water partition coefficient (Wildman–Crippen LogP) is 1.48. The van der Waals surface area contributed by atoms with Crippen LogP contribution in [0, 0.1) is 10.1 Å². The van der Waals surface area contributed by atoms with Gasteiger partial charge in [-0.05, 0) is 29.8 Å². The van der Waals surface area contributed by atoms with Gasteiger partial charge in [-0.15, -0.1) is 4.68 Å². The Morgan fingerprint density at radius 2 is 1.78 bits per heavy atom. The van der Waals surface area contributed by atoms with Crippen molar-refractivity contribution in [3.63, 3.8) is 0 Å². The van der Waals surface area contributed by atoms with Gasteiger partial charge in [0.2, 0.25) is 0 Å². The van der Waals surface area contributed by atoms with Crippen LogP contribution in [-0.2, 0) is 0 Å². The third-order valence-electron chi connectivity index (χ3n) is 3.21. The van der Waals surface area contributed by atoms with E-state index >= 15 is 0 Å². The van der Waals surface area contributed by atoms with Crippen molar-refractivity contribution in [2.45, 2.75) is 0 Å². The minimum Gasteiger partial charge on any atom is -0.305 e. The lowest BCUT2D eigenvalue weighted by Crippen LogP contribution is -2.32. The zero-order valence-corrected chi connectivity index (χ0v) is 11.7. The summed E-state index contributed by atoms with van der Waals surface area (Å²) in [6.07, 6.45) is 1.29. The van der Waals surface area contributed by atoms with E-state index in [1.165, 1.54) is 30.5 Å². The largest absolute Gasteiger partial charge is 0.349 e. The maximum Gasteiger partial charge on any atom is 0.349 e. The Hall–Kier alpha value is -3.55.